The molecule has 0 aliphatic carbocycles. The zero-order valence-corrected chi connectivity index (χ0v) is 20.3. The first-order chi connectivity index (χ1) is 16.3. The predicted octanol–water partition coefficient (Wildman–Crippen LogP) is 4.40. The number of pyridine rings is 1. The Kier molecular flexibility index (Phi) is 9.49. The maximum atomic E-state index is 13.1. The van der Waals surface area contributed by atoms with Crippen LogP contribution in [0.3, 0.4) is 0 Å². The van der Waals surface area contributed by atoms with E-state index >= 15 is 0 Å². The van der Waals surface area contributed by atoms with Crippen LogP contribution in [0.4, 0.5) is 17.6 Å². The SMILES string of the molecule is Cl.O=C(Cc1ccc(F)cc1)N1CCCN(C2CCN(Cc3ccc(C(F)(F)F)nc3)CC2)CC1. The highest BCUT2D eigenvalue weighted by atomic mass is 35.5. The zero-order chi connectivity index (χ0) is 24.1. The largest absolute Gasteiger partial charge is 0.433 e. The molecule has 10 heteroatoms. The number of nitrogens with zero attached hydrogens (tertiary/aromatic N) is 4. The minimum atomic E-state index is -4.41. The van der Waals surface area contributed by atoms with Gasteiger partial charge in [0.25, 0.3) is 0 Å². The van der Waals surface area contributed by atoms with Crippen LogP contribution in [-0.4, -0.2) is 70.9 Å². The minimum absolute atomic E-state index is 0. The molecule has 1 aromatic heterocycles. The Bertz CT molecular complexity index is 947. The van der Waals surface area contributed by atoms with Crippen molar-refractivity contribution in [3.8, 4) is 0 Å². The molecule has 0 N–H and O–H groups in total. The topological polar surface area (TPSA) is 39.7 Å². The molecule has 2 aliphatic heterocycles. The van der Waals surface area contributed by atoms with Gasteiger partial charge in [0.2, 0.25) is 5.91 Å². The standard InChI is InChI=1S/C25H30F4N4O.ClH/c26-21-5-2-19(3-6-21)16-24(34)33-11-1-10-32(14-15-33)22-8-12-31(13-9-22)18-20-4-7-23(30-17-20)25(27,28)29;/h2-7,17,22H,1,8-16,18H2;1H. The van der Waals surface area contributed by atoms with Crippen LogP contribution in [0.15, 0.2) is 42.6 Å². The molecule has 3 heterocycles. The van der Waals surface area contributed by atoms with E-state index < -0.39 is 11.9 Å². The Morgan fingerprint density at radius 2 is 1.60 bits per heavy atom. The summed E-state index contributed by atoms with van der Waals surface area (Å²) in [6.45, 7) is 5.58. The van der Waals surface area contributed by atoms with Gasteiger partial charge >= 0.3 is 6.18 Å². The molecule has 1 aromatic carbocycles. The summed E-state index contributed by atoms with van der Waals surface area (Å²) in [7, 11) is 0. The molecule has 35 heavy (non-hydrogen) atoms. The molecule has 5 nitrogen and oxygen atoms in total. The van der Waals surface area contributed by atoms with Gasteiger partial charge in [-0.15, -0.1) is 12.4 Å². The summed E-state index contributed by atoms with van der Waals surface area (Å²) in [5, 5.41) is 0. The van der Waals surface area contributed by atoms with Gasteiger partial charge in [-0.1, -0.05) is 18.2 Å². The summed E-state index contributed by atoms with van der Waals surface area (Å²) in [6, 6.07) is 9.09. The summed E-state index contributed by atoms with van der Waals surface area (Å²) in [5.41, 5.74) is 0.751. The lowest BCUT2D eigenvalue weighted by Gasteiger charge is -2.38. The lowest BCUT2D eigenvalue weighted by molar-refractivity contribution is -0.141. The Labute approximate surface area is 209 Å². The molecule has 0 atom stereocenters. The third kappa shape index (κ3) is 7.62. The molecule has 0 spiro atoms. The third-order valence-corrected chi connectivity index (χ3v) is 6.75. The average Bonchev–Trinajstić information content (AvgIpc) is 3.07. The lowest BCUT2D eigenvalue weighted by atomic mass is 10.0. The number of hydrogen-bond acceptors (Lipinski definition) is 4. The number of rotatable bonds is 5. The van der Waals surface area contributed by atoms with Crippen molar-refractivity contribution in [2.24, 2.45) is 0 Å². The van der Waals surface area contributed by atoms with Crippen molar-refractivity contribution < 1.29 is 22.4 Å². The molecule has 0 bridgehead atoms. The Balaban J connectivity index is 0.00000342. The fraction of sp³-hybridized carbons (Fsp3) is 0.520. The molecule has 0 radical (unpaired) electrons. The normalized spacial score (nSPS) is 18.7. The van der Waals surface area contributed by atoms with E-state index in [0.29, 0.717) is 19.1 Å². The first kappa shape index (κ1) is 27.4. The quantitative estimate of drug-likeness (QED) is 0.554. The maximum absolute atomic E-state index is 13.1. The highest BCUT2D eigenvalue weighted by molar-refractivity contribution is 5.85. The molecule has 1 amide bonds. The fourth-order valence-corrected chi connectivity index (χ4v) is 4.83. The van der Waals surface area contributed by atoms with Gasteiger partial charge in [-0.2, -0.15) is 13.2 Å². The Morgan fingerprint density at radius 3 is 2.23 bits per heavy atom. The van der Waals surface area contributed by atoms with Crippen molar-refractivity contribution in [3.05, 3.63) is 65.2 Å². The molecule has 4 rings (SSSR count). The second-order valence-corrected chi connectivity index (χ2v) is 9.13. The van der Waals surface area contributed by atoms with E-state index in [0.717, 1.165) is 69.2 Å². The number of piperidine rings is 1. The van der Waals surface area contributed by atoms with Crippen LogP contribution in [0.1, 0.15) is 36.1 Å². The third-order valence-electron chi connectivity index (χ3n) is 6.75. The lowest BCUT2D eigenvalue weighted by Crippen LogP contribution is -2.46. The zero-order valence-electron chi connectivity index (χ0n) is 19.5. The van der Waals surface area contributed by atoms with Crippen molar-refractivity contribution in [2.75, 3.05) is 39.3 Å². The Morgan fingerprint density at radius 1 is 0.914 bits per heavy atom. The minimum Gasteiger partial charge on any atom is -0.341 e. The molecule has 2 aromatic rings. The summed E-state index contributed by atoms with van der Waals surface area (Å²) in [4.78, 5) is 22.9. The first-order valence-electron chi connectivity index (χ1n) is 11.8. The predicted molar refractivity (Wildman–Crippen MR) is 128 cm³/mol. The van der Waals surface area contributed by atoms with Crippen LogP contribution >= 0.6 is 12.4 Å². The van der Waals surface area contributed by atoms with Crippen molar-refractivity contribution in [2.45, 2.75) is 44.4 Å². The summed E-state index contributed by atoms with van der Waals surface area (Å²) >= 11 is 0. The molecule has 0 unspecified atom stereocenters. The van der Waals surface area contributed by atoms with E-state index in [-0.39, 0.29) is 30.6 Å². The molecule has 192 valence electrons. The van der Waals surface area contributed by atoms with Crippen LogP contribution in [-0.2, 0) is 23.9 Å². The van der Waals surface area contributed by atoms with Gasteiger partial charge < -0.3 is 4.90 Å². The monoisotopic (exact) mass is 514 g/mol. The summed E-state index contributed by atoms with van der Waals surface area (Å²) in [6.07, 6.45) is 0.117. The van der Waals surface area contributed by atoms with Gasteiger partial charge in [-0.05, 0) is 61.7 Å². The number of carbonyl (C=O) groups excluding carboxylic acids is 1. The number of halogens is 5. The molecule has 0 saturated carbocycles. The van der Waals surface area contributed by atoms with E-state index in [1.807, 2.05) is 4.90 Å². The number of hydrogen-bond donors (Lipinski definition) is 0. The van der Waals surface area contributed by atoms with E-state index in [4.69, 9.17) is 0 Å². The number of alkyl halides is 3. The maximum Gasteiger partial charge on any atom is 0.433 e. The van der Waals surface area contributed by atoms with E-state index in [1.165, 1.54) is 24.4 Å². The van der Waals surface area contributed by atoms with E-state index in [2.05, 4.69) is 14.8 Å². The van der Waals surface area contributed by atoms with Crippen molar-refractivity contribution in [1.82, 2.24) is 19.7 Å². The number of amides is 1. The van der Waals surface area contributed by atoms with Gasteiger partial charge in [-0.3, -0.25) is 19.6 Å². The van der Waals surface area contributed by atoms with Crippen molar-refractivity contribution in [1.29, 1.82) is 0 Å². The molecular formula is C25H31ClF4N4O. The highest BCUT2D eigenvalue weighted by Crippen LogP contribution is 2.27. The summed E-state index contributed by atoms with van der Waals surface area (Å²) < 4.78 is 51.2. The van der Waals surface area contributed by atoms with Gasteiger partial charge in [0.1, 0.15) is 11.5 Å². The first-order valence-corrected chi connectivity index (χ1v) is 11.8. The van der Waals surface area contributed by atoms with Gasteiger partial charge in [-0.25, -0.2) is 4.39 Å². The van der Waals surface area contributed by atoms with Gasteiger partial charge in [0, 0.05) is 45.0 Å². The number of benzene rings is 1. The van der Waals surface area contributed by atoms with Crippen molar-refractivity contribution >= 4 is 18.3 Å². The van der Waals surface area contributed by atoms with Gasteiger partial charge in [0.05, 0.1) is 6.42 Å². The number of aromatic nitrogens is 1. The second kappa shape index (κ2) is 12.1. The number of carbonyl (C=O) groups is 1. The highest BCUT2D eigenvalue weighted by Gasteiger charge is 2.32. The van der Waals surface area contributed by atoms with Gasteiger partial charge in [0.15, 0.2) is 0 Å². The average molecular weight is 515 g/mol. The van der Waals surface area contributed by atoms with Crippen LogP contribution in [0.25, 0.3) is 0 Å². The fourth-order valence-electron chi connectivity index (χ4n) is 4.83. The smallest absolute Gasteiger partial charge is 0.341 e. The van der Waals surface area contributed by atoms with Crippen LogP contribution in [0.2, 0.25) is 0 Å². The van der Waals surface area contributed by atoms with Crippen LogP contribution < -0.4 is 0 Å². The van der Waals surface area contributed by atoms with Crippen molar-refractivity contribution in [3.63, 3.8) is 0 Å². The van der Waals surface area contributed by atoms with Crippen LogP contribution in [0, 0.1) is 5.82 Å². The Hall–Kier alpha value is -2.23. The van der Waals surface area contributed by atoms with Crippen LogP contribution in [0.5, 0.6) is 0 Å². The molecular weight excluding hydrogens is 484 g/mol. The van der Waals surface area contributed by atoms with E-state index in [9.17, 15) is 22.4 Å². The van der Waals surface area contributed by atoms with E-state index in [1.54, 1.807) is 12.1 Å². The summed E-state index contributed by atoms with van der Waals surface area (Å²) in [5.74, 6) is -0.225. The molecule has 2 fully saturated rings. The second-order valence-electron chi connectivity index (χ2n) is 9.13. The molecule has 2 saturated heterocycles. The number of likely N-dealkylation sites (tertiary alicyclic amines) is 1. The molecule has 2 aliphatic rings.